The molecule has 2 aromatic heterocycles. The third-order valence-electron chi connectivity index (χ3n) is 4.84. The van der Waals surface area contributed by atoms with Crippen molar-refractivity contribution in [2.24, 2.45) is 0 Å². The third kappa shape index (κ3) is 4.68. The van der Waals surface area contributed by atoms with Crippen LogP contribution in [0, 0.1) is 6.57 Å². The van der Waals surface area contributed by atoms with Gasteiger partial charge < -0.3 is 15.0 Å². The molecule has 3 aromatic rings. The number of nitrogens with zero attached hydrogens (tertiary/aromatic N) is 3. The summed E-state index contributed by atoms with van der Waals surface area (Å²) in [6.07, 6.45) is 1.68. The zero-order chi connectivity index (χ0) is 21.8. The molecule has 3 heterocycles. The minimum atomic E-state index is -0.277. The number of amides is 1. The minimum Gasteiger partial charge on any atom is -0.378 e. The summed E-state index contributed by atoms with van der Waals surface area (Å²) in [5.74, 6) is -0.277. The molecule has 9 heteroatoms. The fourth-order valence-corrected chi connectivity index (χ4v) is 5.08. The second-order valence-corrected chi connectivity index (χ2v) is 8.64. The van der Waals surface area contributed by atoms with E-state index in [0.717, 1.165) is 10.7 Å². The molecule has 0 radical (unpaired) electrons. The number of carbonyl (C=O) groups is 1. The first kappa shape index (κ1) is 21.6. The molecule has 0 bridgehead atoms. The van der Waals surface area contributed by atoms with E-state index in [1.54, 1.807) is 24.4 Å². The van der Waals surface area contributed by atoms with Crippen molar-refractivity contribution in [2.45, 2.75) is 6.54 Å². The monoisotopic (exact) mass is 472 g/mol. The molecule has 1 N–H and O–H groups in total. The number of rotatable bonds is 5. The normalized spacial score (nSPS) is 13.6. The molecule has 0 aliphatic carbocycles. The highest BCUT2D eigenvalue weighted by Gasteiger charge is 2.29. The first-order valence-electron chi connectivity index (χ1n) is 9.59. The van der Waals surface area contributed by atoms with Gasteiger partial charge in [-0.25, -0.2) is 4.85 Å². The molecule has 0 spiro atoms. The molecule has 1 aromatic carbocycles. The van der Waals surface area contributed by atoms with Crippen molar-refractivity contribution >= 4 is 51.1 Å². The third-order valence-corrected chi connectivity index (χ3v) is 6.62. The molecule has 4 rings (SSSR count). The molecule has 1 saturated heterocycles. The number of hydrogen-bond donors (Lipinski definition) is 1. The first-order valence-corrected chi connectivity index (χ1v) is 11.2. The quantitative estimate of drug-likeness (QED) is 0.502. The van der Waals surface area contributed by atoms with Gasteiger partial charge in [-0.05, 0) is 29.8 Å². The molecule has 158 valence electrons. The highest BCUT2D eigenvalue weighted by atomic mass is 35.5. The fourth-order valence-electron chi connectivity index (χ4n) is 3.35. The Labute approximate surface area is 194 Å². The van der Waals surface area contributed by atoms with Crippen LogP contribution >= 0.6 is 34.5 Å². The summed E-state index contributed by atoms with van der Waals surface area (Å²) < 4.78 is 5.45. The minimum absolute atomic E-state index is 0.277. The van der Waals surface area contributed by atoms with Gasteiger partial charge in [0, 0.05) is 34.9 Å². The Morgan fingerprint density at radius 3 is 2.74 bits per heavy atom. The van der Waals surface area contributed by atoms with Gasteiger partial charge in [0.25, 0.3) is 5.91 Å². The number of halogens is 2. The predicted octanol–water partition coefficient (Wildman–Crippen LogP) is 5.43. The summed E-state index contributed by atoms with van der Waals surface area (Å²) in [7, 11) is 0. The van der Waals surface area contributed by atoms with Gasteiger partial charge in [-0.3, -0.25) is 9.78 Å². The van der Waals surface area contributed by atoms with Crippen molar-refractivity contribution in [1.29, 1.82) is 0 Å². The van der Waals surface area contributed by atoms with Crippen LogP contribution < -0.4 is 10.2 Å². The number of ether oxygens (including phenoxy) is 1. The first-order chi connectivity index (χ1) is 15.1. The van der Waals surface area contributed by atoms with Crippen molar-refractivity contribution in [3.63, 3.8) is 0 Å². The lowest BCUT2D eigenvalue weighted by molar-refractivity contribution is 0.0955. The maximum absolute atomic E-state index is 13.2. The number of nitrogens with one attached hydrogen (secondary N) is 1. The summed E-state index contributed by atoms with van der Waals surface area (Å²) in [5, 5.41) is 4.55. The van der Waals surface area contributed by atoms with Crippen LogP contribution in [0.15, 0.2) is 42.6 Å². The standard InChI is InChI=1S/C22H18Cl2N4O2S/c1-25-19-18(16-6-5-14(23)12-17(16)24)20(31-22(19)28-8-10-30-11-9-28)21(29)27-13-15-4-2-3-7-26-15/h2-7,12H,8-11,13H2,(H,27,29). The van der Waals surface area contributed by atoms with Gasteiger partial charge in [-0.1, -0.05) is 35.3 Å². The molecule has 0 atom stereocenters. The van der Waals surface area contributed by atoms with E-state index < -0.39 is 0 Å². The lowest BCUT2D eigenvalue weighted by atomic mass is 10.0. The summed E-state index contributed by atoms with van der Waals surface area (Å²) in [5.41, 5.74) is 2.30. The maximum atomic E-state index is 13.2. The molecule has 6 nitrogen and oxygen atoms in total. The fraction of sp³-hybridized carbons (Fsp3) is 0.227. The molecule has 0 saturated carbocycles. The molecule has 1 aliphatic heterocycles. The van der Waals surface area contributed by atoms with Crippen LogP contribution in [-0.2, 0) is 11.3 Å². The van der Waals surface area contributed by atoms with Crippen LogP contribution in [0.2, 0.25) is 10.0 Å². The maximum Gasteiger partial charge on any atom is 0.261 e. The van der Waals surface area contributed by atoms with Crippen molar-refractivity contribution in [3.05, 3.63) is 74.6 Å². The number of carbonyl (C=O) groups excluding carboxylic acids is 1. The Balaban J connectivity index is 1.77. The molecule has 1 aliphatic rings. The zero-order valence-corrected chi connectivity index (χ0v) is 18.7. The van der Waals surface area contributed by atoms with E-state index in [9.17, 15) is 4.79 Å². The Morgan fingerprint density at radius 2 is 2.06 bits per heavy atom. The smallest absolute Gasteiger partial charge is 0.261 e. The lowest BCUT2D eigenvalue weighted by Crippen LogP contribution is -2.35. The van der Waals surface area contributed by atoms with E-state index >= 15 is 0 Å². The molecular weight excluding hydrogens is 455 g/mol. The second-order valence-electron chi connectivity index (χ2n) is 6.80. The Bertz CT molecular complexity index is 1140. The van der Waals surface area contributed by atoms with Gasteiger partial charge in [0.1, 0.15) is 0 Å². The summed E-state index contributed by atoms with van der Waals surface area (Å²) >= 11 is 13.9. The van der Waals surface area contributed by atoms with Gasteiger partial charge in [-0.15, -0.1) is 11.3 Å². The molecule has 0 unspecified atom stereocenters. The van der Waals surface area contributed by atoms with Crippen LogP contribution in [0.4, 0.5) is 10.7 Å². The largest absolute Gasteiger partial charge is 0.378 e. The molecular formula is C22H18Cl2N4O2S. The van der Waals surface area contributed by atoms with Gasteiger partial charge in [0.2, 0.25) is 5.69 Å². The van der Waals surface area contributed by atoms with Crippen molar-refractivity contribution in [1.82, 2.24) is 10.3 Å². The van der Waals surface area contributed by atoms with Crippen LogP contribution in [-0.4, -0.2) is 37.2 Å². The van der Waals surface area contributed by atoms with Crippen LogP contribution in [0.3, 0.4) is 0 Å². The highest BCUT2D eigenvalue weighted by Crippen LogP contribution is 2.50. The lowest BCUT2D eigenvalue weighted by Gasteiger charge is -2.28. The van der Waals surface area contributed by atoms with Crippen molar-refractivity contribution in [3.8, 4) is 11.1 Å². The van der Waals surface area contributed by atoms with Gasteiger partial charge >= 0.3 is 0 Å². The summed E-state index contributed by atoms with van der Waals surface area (Å²) in [6.45, 7) is 10.6. The van der Waals surface area contributed by atoms with Crippen molar-refractivity contribution in [2.75, 3.05) is 31.2 Å². The zero-order valence-electron chi connectivity index (χ0n) is 16.4. The average Bonchev–Trinajstić information content (AvgIpc) is 3.18. The van der Waals surface area contributed by atoms with Crippen LogP contribution in [0.5, 0.6) is 0 Å². The van der Waals surface area contributed by atoms with Gasteiger partial charge in [-0.2, -0.15) is 0 Å². The highest BCUT2D eigenvalue weighted by molar-refractivity contribution is 7.19. The topological polar surface area (TPSA) is 58.8 Å². The average molecular weight is 473 g/mol. The Morgan fingerprint density at radius 1 is 1.26 bits per heavy atom. The predicted molar refractivity (Wildman–Crippen MR) is 124 cm³/mol. The van der Waals surface area contributed by atoms with Crippen molar-refractivity contribution < 1.29 is 9.53 Å². The molecule has 1 fully saturated rings. The molecule has 31 heavy (non-hydrogen) atoms. The van der Waals surface area contributed by atoms with E-state index in [4.69, 9.17) is 34.5 Å². The van der Waals surface area contributed by atoms with Crippen LogP contribution in [0.1, 0.15) is 15.4 Å². The number of aromatic nitrogens is 1. The Kier molecular flexibility index (Phi) is 6.73. The van der Waals surface area contributed by atoms with Gasteiger partial charge in [0.05, 0.1) is 41.9 Å². The van der Waals surface area contributed by atoms with E-state index in [-0.39, 0.29) is 12.5 Å². The second kappa shape index (κ2) is 9.67. The number of anilines is 1. The van der Waals surface area contributed by atoms with E-state index in [1.807, 2.05) is 18.2 Å². The summed E-state index contributed by atoms with van der Waals surface area (Å²) in [4.78, 5) is 23.8. The molecule has 1 amide bonds. The number of hydrogen-bond acceptors (Lipinski definition) is 5. The number of thiophene rings is 1. The SMILES string of the molecule is [C-]#[N+]c1c(N2CCOCC2)sc(C(=O)NCc2ccccn2)c1-c1ccc(Cl)cc1Cl. The Hall–Kier alpha value is -2.63. The number of benzene rings is 1. The number of morpholine rings is 1. The summed E-state index contributed by atoms with van der Waals surface area (Å²) in [6, 6.07) is 10.6. The number of pyridine rings is 1. The van der Waals surface area contributed by atoms with E-state index in [1.165, 1.54) is 11.3 Å². The van der Waals surface area contributed by atoms with E-state index in [0.29, 0.717) is 58.0 Å². The van der Waals surface area contributed by atoms with Gasteiger partial charge in [0.15, 0.2) is 0 Å². The van der Waals surface area contributed by atoms with E-state index in [2.05, 4.69) is 20.0 Å². The van der Waals surface area contributed by atoms with Crippen LogP contribution in [0.25, 0.3) is 16.0 Å².